The predicted octanol–water partition coefficient (Wildman–Crippen LogP) is 1.03. The minimum Gasteiger partial charge on any atom is -0.469 e. The number of hydrogen-bond acceptors (Lipinski definition) is 6. The Balaban J connectivity index is 2.43. The third kappa shape index (κ3) is 4.58. The molecule has 1 aromatic heterocycles. The zero-order chi connectivity index (χ0) is 12.9. The van der Waals surface area contributed by atoms with Crippen molar-refractivity contribution in [3.63, 3.8) is 0 Å². The van der Waals surface area contributed by atoms with Crippen LogP contribution in [0, 0.1) is 0 Å². The van der Waals surface area contributed by atoms with Crippen LogP contribution in [-0.2, 0) is 19.6 Å². The van der Waals surface area contributed by atoms with Gasteiger partial charge in [-0.15, -0.1) is 0 Å². The number of nitrogens with zero attached hydrogens (tertiary/aromatic N) is 1. The molecule has 0 aliphatic heterocycles. The monoisotopic (exact) mass is 298 g/mol. The molecule has 0 bridgehead atoms. The summed E-state index contributed by atoms with van der Waals surface area (Å²) >= 11 is 6.42. The minimum absolute atomic E-state index is 0.0561. The van der Waals surface area contributed by atoms with E-state index >= 15 is 0 Å². The van der Waals surface area contributed by atoms with Crippen LogP contribution in [0.25, 0.3) is 0 Å². The molecule has 0 saturated carbocycles. The molecule has 0 aliphatic carbocycles. The lowest BCUT2D eigenvalue weighted by atomic mass is 10.3. The molecule has 1 heterocycles. The van der Waals surface area contributed by atoms with Crippen LogP contribution in [0.15, 0.2) is 10.4 Å². The molecule has 0 radical (unpaired) electrons. The molecule has 0 unspecified atom stereocenters. The van der Waals surface area contributed by atoms with Gasteiger partial charge in [0.15, 0.2) is 8.68 Å². The lowest BCUT2D eigenvalue weighted by Gasteiger charge is -2.03. The first-order valence-corrected chi connectivity index (χ1v) is 7.31. The van der Waals surface area contributed by atoms with Crippen molar-refractivity contribution in [1.29, 1.82) is 0 Å². The Hall–Kier alpha value is -0.700. The van der Waals surface area contributed by atoms with Gasteiger partial charge in [-0.05, 0) is 6.42 Å². The highest BCUT2D eigenvalue weighted by atomic mass is 35.5. The molecule has 1 N–H and O–H groups in total. The summed E-state index contributed by atoms with van der Waals surface area (Å²) in [7, 11) is -2.29. The Labute approximate surface area is 108 Å². The SMILES string of the molecule is COC(=O)CCCNS(=O)(=O)c1cnc(Cl)s1. The molecule has 9 heteroatoms. The highest BCUT2D eigenvalue weighted by molar-refractivity contribution is 7.91. The van der Waals surface area contributed by atoms with E-state index in [-0.39, 0.29) is 27.6 Å². The van der Waals surface area contributed by atoms with E-state index in [4.69, 9.17) is 11.6 Å². The summed E-state index contributed by atoms with van der Waals surface area (Å²) in [5.74, 6) is -0.370. The van der Waals surface area contributed by atoms with Gasteiger partial charge in [0.1, 0.15) is 0 Å². The normalized spacial score (nSPS) is 11.4. The molecular weight excluding hydrogens is 288 g/mol. The van der Waals surface area contributed by atoms with Crippen molar-refractivity contribution in [2.24, 2.45) is 0 Å². The van der Waals surface area contributed by atoms with Gasteiger partial charge in [-0.1, -0.05) is 22.9 Å². The quantitative estimate of drug-likeness (QED) is 0.626. The lowest BCUT2D eigenvalue weighted by Crippen LogP contribution is -2.24. The number of carbonyl (C=O) groups is 1. The van der Waals surface area contributed by atoms with Crippen LogP contribution in [-0.4, -0.2) is 33.0 Å². The van der Waals surface area contributed by atoms with Gasteiger partial charge in [0.05, 0.1) is 13.3 Å². The van der Waals surface area contributed by atoms with Crippen molar-refractivity contribution in [3.05, 3.63) is 10.7 Å². The Morgan fingerprint density at radius 2 is 2.35 bits per heavy atom. The summed E-state index contributed by atoms with van der Waals surface area (Å²) in [6, 6.07) is 0. The maximum atomic E-state index is 11.6. The van der Waals surface area contributed by atoms with Crippen molar-refractivity contribution in [3.8, 4) is 0 Å². The summed E-state index contributed by atoms with van der Waals surface area (Å²) in [4.78, 5) is 14.4. The number of ether oxygens (including phenoxy) is 1. The number of rotatable bonds is 6. The van der Waals surface area contributed by atoms with Gasteiger partial charge >= 0.3 is 5.97 Å². The van der Waals surface area contributed by atoms with Crippen LogP contribution in [0.3, 0.4) is 0 Å². The number of hydrogen-bond donors (Lipinski definition) is 1. The molecule has 0 fully saturated rings. The first kappa shape index (κ1) is 14.4. The fourth-order valence-corrected chi connectivity index (χ4v) is 3.39. The van der Waals surface area contributed by atoms with Gasteiger partial charge in [0.25, 0.3) is 10.0 Å². The summed E-state index contributed by atoms with van der Waals surface area (Å²) in [5, 5.41) is 0. The van der Waals surface area contributed by atoms with Crippen molar-refractivity contribution in [2.45, 2.75) is 17.1 Å². The molecule has 1 rings (SSSR count). The van der Waals surface area contributed by atoms with E-state index in [0.717, 1.165) is 11.3 Å². The lowest BCUT2D eigenvalue weighted by molar-refractivity contribution is -0.140. The minimum atomic E-state index is -3.57. The van der Waals surface area contributed by atoms with Crippen molar-refractivity contribution in [2.75, 3.05) is 13.7 Å². The molecule has 17 heavy (non-hydrogen) atoms. The van der Waals surface area contributed by atoms with E-state index < -0.39 is 10.0 Å². The van der Waals surface area contributed by atoms with E-state index in [1.54, 1.807) is 0 Å². The van der Waals surface area contributed by atoms with Crippen LogP contribution in [0.1, 0.15) is 12.8 Å². The summed E-state index contributed by atoms with van der Waals surface area (Å²) < 4.78 is 30.3. The molecule has 0 spiro atoms. The van der Waals surface area contributed by atoms with Crippen LogP contribution < -0.4 is 4.72 Å². The van der Waals surface area contributed by atoms with Crippen LogP contribution >= 0.6 is 22.9 Å². The summed E-state index contributed by atoms with van der Waals surface area (Å²) in [6.45, 7) is 0.160. The first-order chi connectivity index (χ1) is 7.95. The fourth-order valence-electron chi connectivity index (χ4n) is 0.976. The average Bonchev–Trinajstić information content (AvgIpc) is 2.71. The largest absolute Gasteiger partial charge is 0.469 e. The van der Waals surface area contributed by atoms with Gasteiger partial charge in [-0.25, -0.2) is 18.1 Å². The highest BCUT2D eigenvalue weighted by Gasteiger charge is 2.16. The van der Waals surface area contributed by atoms with Crippen LogP contribution in [0.5, 0.6) is 0 Å². The third-order valence-electron chi connectivity index (χ3n) is 1.80. The number of esters is 1. The van der Waals surface area contributed by atoms with E-state index in [9.17, 15) is 13.2 Å². The van der Waals surface area contributed by atoms with Gasteiger partial charge < -0.3 is 4.74 Å². The van der Waals surface area contributed by atoms with Gasteiger partial charge in [-0.3, -0.25) is 4.79 Å². The standard InChI is InChI=1S/C8H11ClN2O4S2/c1-15-6(12)3-2-4-11-17(13,14)7-5-10-8(9)16-7/h5,11H,2-4H2,1H3. The number of nitrogens with one attached hydrogen (secondary N) is 1. The maximum absolute atomic E-state index is 11.6. The second-order valence-electron chi connectivity index (χ2n) is 3.01. The highest BCUT2D eigenvalue weighted by Crippen LogP contribution is 2.21. The Morgan fingerprint density at radius 3 is 2.88 bits per heavy atom. The number of thiazole rings is 1. The van der Waals surface area contributed by atoms with E-state index in [0.29, 0.717) is 6.42 Å². The molecular formula is C8H11ClN2O4S2. The zero-order valence-corrected chi connectivity index (χ0v) is 11.4. The average molecular weight is 299 g/mol. The van der Waals surface area contributed by atoms with Gasteiger partial charge in [0, 0.05) is 13.0 Å². The van der Waals surface area contributed by atoms with Crippen LogP contribution in [0.2, 0.25) is 4.47 Å². The van der Waals surface area contributed by atoms with Gasteiger partial charge in [-0.2, -0.15) is 0 Å². The summed E-state index contributed by atoms with van der Waals surface area (Å²) in [5.41, 5.74) is 0. The number of aromatic nitrogens is 1. The Morgan fingerprint density at radius 1 is 1.65 bits per heavy atom. The number of carbonyl (C=O) groups excluding carboxylic acids is 1. The maximum Gasteiger partial charge on any atom is 0.305 e. The topological polar surface area (TPSA) is 85.4 Å². The third-order valence-corrected chi connectivity index (χ3v) is 4.84. The second kappa shape index (κ2) is 6.29. The van der Waals surface area contributed by atoms with Crippen LogP contribution in [0.4, 0.5) is 0 Å². The first-order valence-electron chi connectivity index (χ1n) is 4.63. The van der Waals surface area contributed by atoms with E-state index in [2.05, 4.69) is 14.4 Å². The molecule has 0 aliphatic rings. The number of halogens is 1. The number of methoxy groups -OCH3 is 1. The van der Waals surface area contributed by atoms with E-state index in [1.165, 1.54) is 13.3 Å². The summed E-state index contributed by atoms with van der Waals surface area (Å²) in [6.07, 6.45) is 1.73. The molecule has 0 amide bonds. The van der Waals surface area contributed by atoms with E-state index in [1.807, 2.05) is 0 Å². The smallest absolute Gasteiger partial charge is 0.305 e. The molecule has 6 nitrogen and oxygen atoms in total. The second-order valence-corrected chi connectivity index (χ2v) is 6.62. The van der Waals surface area contributed by atoms with Crippen molar-refractivity contribution in [1.82, 2.24) is 9.71 Å². The molecule has 96 valence electrons. The van der Waals surface area contributed by atoms with Gasteiger partial charge in [0.2, 0.25) is 0 Å². The fraction of sp³-hybridized carbons (Fsp3) is 0.500. The zero-order valence-electron chi connectivity index (χ0n) is 8.97. The van der Waals surface area contributed by atoms with Crippen molar-refractivity contribution < 1.29 is 17.9 Å². The number of sulfonamides is 1. The predicted molar refractivity (Wildman–Crippen MR) is 63.6 cm³/mol. The molecule has 1 aromatic rings. The Bertz CT molecular complexity index is 485. The molecule has 0 atom stereocenters. The molecule has 0 aromatic carbocycles. The molecule has 0 saturated heterocycles. The van der Waals surface area contributed by atoms with Crippen molar-refractivity contribution >= 4 is 38.9 Å². The Kier molecular flexibility index (Phi) is 5.31.